The zero-order valence-corrected chi connectivity index (χ0v) is 13.7. The third kappa shape index (κ3) is 4.68. The van der Waals surface area contributed by atoms with E-state index in [1.54, 1.807) is 12.1 Å². The van der Waals surface area contributed by atoms with Gasteiger partial charge in [0.1, 0.15) is 0 Å². The predicted molar refractivity (Wildman–Crippen MR) is 92.7 cm³/mol. The molecular weight excluding hydrogens is 288 g/mol. The standard InChI is InChI=1S/C19H22N2O2/c1-13(2)15-8-10-16(11-9-15)21-18(22)12-20-19(23)17-7-5-4-6-14(17)3/h4-11,13H,12H2,1-3H3,(H,20,23)(H,21,22). The molecule has 2 amide bonds. The minimum atomic E-state index is -0.246. The number of carbonyl (C=O) groups excluding carboxylic acids is 2. The summed E-state index contributed by atoms with van der Waals surface area (Å²) in [6.07, 6.45) is 0. The Morgan fingerprint density at radius 2 is 1.65 bits per heavy atom. The van der Waals surface area contributed by atoms with Crippen LogP contribution < -0.4 is 10.6 Å². The third-order valence-electron chi connectivity index (χ3n) is 3.66. The zero-order valence-electron chi connectivity index (χ0n) is 13.7. The van der Waals surface area contributed by atoms with Crippen LogP contribution in [0, 0.1) is 6.92 Å². The molecule has 2 N–H and O–H groups in total. The quantitative estimate of drug-likeness (QED) is 0.888. The maximum Gasteiger partial charge on any atom is 0.251 e. The number of aryl methyl sites for hydroxylation is 1. The summed E-state index contributed by atoms with van der Waals surface area (Å²) in [5.74, 6) is -0.0363. The minimum absolute atomic E-state index is 0.0564. The van der Waals surface area contributed by atoms with E-state index in [1.165, 1.54) is 5.56 Å². The highest BCUT2D eigenvalue weighted by Crippen LogP contribution is 2.17. The second kappa shape index (κ2) is 7.58. The summed E-state index contributed by atoms with van der Waals surface area (Å²) in [5, 5.41) is 5.41. The number of nitrogens with one attached hydrogen (secondary N) is 2. The maximum atomic E-state index is 12.1. The monoisotopic (exact) mass is 310 g/mol. The molecule has 0 aliphatic heterocycles. The molecule has 0 saturated carbocycles. The number of amides is 2. The van der Waals surface area contributed by atoms with Crippen LogP contribution in [0.4, 0.5) is 5.69 Å². The van der Waals surface area contributed by atoms with Crippen LogP contribution in [0.15, 0.2) is 48.5 Å². The summed E-state index contributed by atoms with van der Waals surface area (Å²) < 4.78 is 0. The van der Waals surface area contributed by atoms with Gasteiger partial charge in [-0.1, -0.05) is 44.2 Å². The fourth-order valence-corrected chi connectivity index (χ4v) is 2.24. The SMILES string of the molecule is Cc1ccccc1C(=O)NCC(=O)Nc1ccc(C(C)C)cc1. The number of carbonyl (C=O) groups is 2. The normalized spacial score (nSPS) is 10.4. The molecule has 0 fully saturated rings. The van der Waals surface area contributed by atoms with Gasteiger partial charge in [0.05, 0.1) is 6.54 Å². The largest absolute Gasteiger partial charge is 0.343 e. The number of anilines is 1. The van der Waals surface area contributed by atoms with Crippen molar-refractivity contribution < 1.29 is 9.59 Å². The van der Waals surface area contributed by atoms with E-state index < -0.39 is 0 Å². The first-order valence-electron chi connectivity index (χ1n) is 7.71. The molecule has 0 bridgehead atoms. The van der Waals surface area contributed by atoms with E-state index in [1.807, 2.05) is 43.3 Å². The van der Waals surface area contributed by atoms with Gasteiger partial charge in [0.25, 0.3) is 5.91 Å². The molecule has 4 heteroatoms. The molecule has 120 valence electrons. The van der Waals surface area contributed by atoms with Gasteiger partial charge in [0, 0.05) is 11.3 Å². The highest BCUT2D eigenvalue weighted by atomic mass is 16.2. The smallest absolute Gasteiger partial charge is 0.251 e. The van der Waals surface area contributed by atoms with Gasteiger partial charge < -0.3 is 10.6 Å². The van der Waals surface area contributed by atoms with E-state index >= 15 is 0 Å². The van der Waals surface area contributed by atoms with Crippen molar-refractivity contribution in [2.75, 3.05) is 11.9 Å². The first-order chi connectivity index (χ1) is 11.0. The van der Waals surface area contributed by atoms with Crippen molar-refractivity contribution in [3.8, 4) is 0 Å². The fraction of sp³-hybridized carbons (Fsp3) is 0.263. The van der Waals surface area contributed by atoms with Crippen molar-refractivity contribution in [3.05, 3.63) is 65.2 Å². The van der Waals surface area contributed by atoms with Crippen molar-refractivity contribution in [1.82, 2.24) is 5.32 Å². The molecule has 0 aliphatic carbocycles. The van der Waals surface area contributed by atoms with Gasteiger partial charge in [0.15, 0.2) is 0 Å². The topological polar surface area (TPSA) is 58.2 Å². The highest BCUT2D eigenvalue weighted by Gasteiger charge is 2.10. The van der Waals surface area contributed by atoms with Gasteiger partial charge >= 0.3 is 0 Å². The molecule has 0 spiro atoms. The lowest BCUT2D eigenvalue weighted by atomic mass is 10.0. The second-order valence-electron chi connectivity index (χ2n) is 5.82. The van der Waals surface area contributed by atoms with Crippen molar-refractivity contribution in [3.63, 3.8) is 0 Å². The average Bonchev–Trinajstić information content (AvgIpc) is 2.53. The first-order valence-corrected chi connectivity index (χ1v) is 7.71. The summed E-state index contributed by atoms with van der Waals surface area (Å²) in [7, 11) is 0. The predicted octanol–water partition coefficient (Wildman–Crippen LogP) is 3.49. The molecule has 4 nitrogen and oxygen atoms in total. The Morgan fingerprint density at radius 1 is 1.00 bits per heavy atom. The third-order valence-corrected chi connectivity index (χ3v) is 3.66. The van der Waals surface area contributed by atoms with Crippen molar-refractivity contribution in [2.24, 2.45) is 0 Å². The number of hydrogen-bond donors (Lipinski definition) is 2. The van der Waals surface area contributed by atoms with Crippen molar-refractivity contribution in [2.45, 2.75) is 26.7 Å². The molecule has 0 aliphatic rings. The van der Waals surface area contributed by atoms with Crippen LogP contribution in [0.25, 0.3) is 0 Å². The summed E-state index contributed by atoms with van der Waals surface area (Å²) in [5.41, 5.74) is 3.41. The Labute approximate surface area is 136 Å². The van der Waals surface area contributed by atoms with Crippen LogP contribution in [-0.2, 0) is 4.79 Å². The first kappa shape index (κ1) is 16.7. The molecular formula is C19H22N2O2. The van der Waals surface area contributed by atoms with Crippen LogP contribution in [0.5, 0.6) is 0 Å². The Morgan fingerprint density at radius 3 is 2.26 bits per heavy atom. The average molecular weight is 310 g/mol. The van der Waals surface area contributed by atoms with E-state index in [-0.39, 0.29) is 18.4 Å². The van der Waals surface area contributed by atoms with Gasteiger partial charge in [-0.25, -0.2) is 0 Å². The lowest BCUT2D eigenvalue weighted by Crippen LogP contribution is -2.33. The van der Waals surface area contributed by atoms with Crippen molar-refractivity contribution in [1.29, 1.82) is 0 Å². The zero-order chi connectivity index (χ0) is 16.8. The summed E-state index contributed by atoms with van der Waals surface area (Å²) >= 11 is 0. The maximum absolute atomic E-state index is 12.1. The van der Waals surface area contributed by atoms with E-state index in [4.69, 9.17) is 0 Å². The Hall–Kier alpha value is -2.62. The van der Waals surface area contributed by atoms with Crippen LogP contribution in [-0.4, -0.2) is 18.4 Å². The minimum Gasteiger partial charge on any atom is -0.343 e. The fourth-order valence-electron chi connectivity index (χ4n) is 2.24. The Balaban J connectivity index is 1.88. The van der Waals surface area contributed by atoms with Crippen molar-refractivity contribution >= 4 is 17.5 Å². The number of rotatable bonds is 5. The number of hydrogen-bond acceptors (Lipinski definition) is 2. The molecule has 2 aromatic rings. The lowest BCUT2D eigenvalue weighted by molar-refractivity contribution is -0.115. The summed E-state index contributed by atoms with van der Waals surface area (Å²) in [4.78, 5) is 24.0. The van der Waals surface area contributed by atoms with E-state index in [9.17, 15) is 9.59 Å². The van der Waals surface area contributed by atoms with Gasteiger partial charge in [-0.05, 0) is 42.2 Å². The molecule has 0 unspecified atom stereocenters. The number of benzene rings is 2. The van der Waals surface area contributed by atoms with Gasteiger partial charge in [-0.3, -0.25) is 9.59 Å². The summed E-state index contributed by atoms with van der Waals surface area (Å²) in [6, 6.07) is 15.0. The van der Waals surface area contributed by atoms with E-state index in [0.717, 1.165) is 11.3 Å². The molecule has 23 heavy (non-hydrogen) atoms. The molecule has 0 aromatic heterocycles. The molecule has 0 atom stereocenters. The van der Waals surface area contributed by atoms with Crippen LogP contribution in [0.1, 0.15) is 41.3 Å². The van der Waals surface area contributed by atoms with Crippen LogP contribution in [0.3, 0.4) is 0 Å². The van der Waals surface area contributed by atoms with Gasteiger partial charge in [-0.2, -0.15) is 0 Å². The molecule has 2 aromatic carbocycles. The Kier molecular flexibility index (Phi) is 5.52. The van der Waals surface area contributed by atoms with Gasteiger partial charge in [0.2, 0.25) is 5.91 Å². The van der Waals surface area contributed by atoms with Crippen LogP contribution in [0.2, 0.25) is 0 Å². The molecule has 0 heterocycles. The summed E-state index contributed by atoms with van der Waals surface area (Å²) in [6.45, 7) is 6.05. The molecule has 2 rings (SSSR count). The second-order valence-corrected chi connectivity index (χ2v) is 5.82. The van der Waals surface area contributed by atoms with Crippen LogP contribution >= 0.6 is 0 Å². The lowest BCUT2D eigenvalue weighted by Gasteiger charge is -2.10. The molecule has 0 radical (unpaired) electrons. The van der Waals surface area contributed by atoms with E-state index in [0.29, 0.717) is 11.5 Å². The Bertz CT molecular complexity index is 691. The highest BCUT2D eigenvalue weighted by molar-refractivity contribution is 6.00. The van der Waals surface area contributed by atoms with E-state index in [2.05, 4.69) is 24.5 Å². The van der Waals surface area contributed by atoms with Gasteiger partial charge in [-0.15, -0.1) is 0 Å². The molecule has 0 saturated heterocycles.